The Balaban J connectivity index is 1.62. The van der Waals surface area contributed by atoms with Crippen molar-refractivity contribution in [3.63, 3.8) is 0 Å². The van der Waals surface area contributed by atoms with Gasteiger partial charge >= 0.3 is 5.97 Å². The van der Waals surface area contributed by atoms with Crippen molar-refractivity contribution < 1.29 is 32.2 Å². The summed E-state index contributed by atoms with van der Waals surface area (Å²) >= 11 is 1.28. The quantitative estimate of drug-likeness (QED) is 0.398. The van der Waals surface area contributed by atoms with E-state index in [9.17, 15) is 18.0 Å². The van der Waals surface area contributed by atoms with Crippen LogP contribution in [0.2, 0.25) is 0 Å². The van der Waals surface area contributed by atoms with Crippen LogP contribution in [0.3, 0.4) is 0 Å². The highest BCUT2D eigenvalue weighted by molar-refractivity contribution is 7.89. The smallest absolute Gasteiger partial charge is 0.337 e. The highest BCUT2D eigenvalue weighted by Crippen LogP contribution is 2.26. The average molecular weight is 548 g/mol. The van der Waals surface area contributed by atoms with Gasteiger partial charge in [-0.3, -0.25) is 4.79 Å². The molecule has 0 aliphatic carbocycles. The second-order valence-electron chi connectivity index (χ2n) is 8.53. The van der Waals surface area contributed by atoms with Gasteiger partial charge in [-0.1, -0.05) is 11.3 Å². The van der Waals surface area contributed by atoms with Gasteiger partial charge in [-0.15, -0.1) is 0 Å². The molecule has 1 aliphatic heterocycles. The van der Waals surface area contributed by atoms with E-state index in [1.54, 1.807) is 37.4 Å². The Morgan fingerprint density at radius 1 is 1.11 bits per heavy atom. The number of sulfonamides is 1. The van der Waals surface area contributed by atoms with Gasteiger partial charge in [0.25, 0.3) is 5.91 Å². The summed E-state index contributed by atoms with van der Waals surface area (Å²) in [5.41, 5.74) is 1.22. The Bertz CT molecular complexity index is 1460. The minimum absolute atomic E-state index is 0.0617. The van der Waals surface area contributed by atoms with Crippen molar-refractivity contribution in [2.45, 2.75) is 24.3 Å². The molecule has 2 aromatic carbocycles. The van der Waals surface area contributed by atoms with E-state index >= 15 is 0 Å². The number of ether oxygens (including phenoxy) is 3. The van der Waals surface area contributed by atoms with Crippen LogP contribution in [0.15, 0.2) is 52.4 Å². The molecule has 3 aromatic rings. The van der Waals surface area contributed by atoms with Crippen LogP contribution in [-0.4, -0.2) is 70.2 Å². The molecule has 0 spiro atoms. The maximum absolute atomic E-state index is 13.3. The highest BCUT2D eigenvalue weighted by Gasteiger charge is 2.33. The predicted molar refractivity (Wildman–Crippen MR) is 138 cm³/mol. The van der Waals surface area contributed by atoms with Crippen LogP contribution < -0.4 is 9.54 Å². The van der Waals surface area contributed by atoms with E-state index in [-0.39, 0.29) is 17.3 Å². The molecular weight excluding hydrogens is 518 g/mol. The lowest BCUT2D eigenvalue weighted by atomic mass is 9.99. The number of fused-ring (bicyclic) bond motifs is 1. The van der Waals surface area contributed by atoms with Crippen LogP contribution in [0.5, 0.6) is 5.75 Å². The molecule has 0 N–H and O–H groups in total. The number of esters is 1. The number of piperidine rings is 1. The van der Waals surface area contributed by atoms with Gasteiger partial charge in [0.2, 0.25) is 10.0 Å². The van der Waals surface area contributed by atoms with Gasteiger partial charge in [-0.2, -0.15) is 9.30 Å². The normalized spacial score (nSPS) is 17.2. The van der Waals surface area contributed by atoms with Gasteiger partial charge in [-0.25, -0.2) is 13.2 Å². The topological polar surface area (TPSA) is 117 Å². The fraction of sp³-hybridized carbons (Fsp3) is 0.400. The van der Waals surface area contributed by atoms with E-state index in [0.717, 1.165) is 10.2 Å². The number of aromatic nitrogens is 1. The lowest BCUT2D eigenvalue weighted by molar-refractivity contribution is -0.122. The molecule has 0 saturated carbocycles. The number of thiazole rings is 1. The van der Waals surface area contributed by atoms with E-state index in [1.807, 2.05) is 4.57 Å². The Morgan fingerprint density at radius 3 is 2.54 bits per heavy atom. The van der Waals surface area contributed by atoms with Crippen LogP contribution in [0.25, 0.3) is 10.2 Å². The fourth-order valence-corrected chi connectivity index (χ4v) is 6.87. The van der Waals surface area contributed by atoms with Crippen molar-refractivity contribution in [1.29, 1.82) is 0 Å². The van der Waals surface area contributed by atoms with E-state index in [1.165, 1.54) is 42.0 Å². The summed E-state index contributed by atoms with van der Waals surface area (Å²) < 4.78 is 45.6. The lowest BCUT2D eigenvalue weighted by Crippen LogP contribution is -2.42. The summed E-state index contributed by atoms with van der Waals surface area (Å²) in [6, 6.07) is 11.4. The molecule has 198 valence electrons. The third-order valence-electron chi connectivity index (χ3n) is 6.26. The first-order valence-corrected chi connectivity index (χ1v) is 14.0. The molecule has 0 radical (unpaired) electrons. The molecule has 10 nitrogen and oxygen atoms in total. The van der Waals surface area contributed by atoms with Gasteiger partial charge in [0.05, 0.1) is 47.4 Å². The minimum Gasteiger partial charge on any atom is -0.497 e. The first-order chi connectivity index (χ1) is 17.8. The molecule has 2 heterocycles. The first kappa shape index (κ1) is 27.0. The van der Waals surface area contributed by atoms with Crippen LogP contribution in [-0.2, 0) is 30.8 Å². The molecule has 4 rings (SSSR count). The fourth-order valence-electron chi connectivity index (χ4n) is 4.25. The summed E-state index contributed by atoms with van der Waals surface area (Å²) in [6.07, 6.45) is 1.10. The van der Waals surface area contributed by atoms with Crippen LogP contribution in [0, 0.1) is 5.92 Å². The van der Waals surface area contributed by atoms with Crippen molar-refractivity contribution in [3.05, 3.63) is 52.8 Å². The summed E-state index contributed by atoms with van der Waals surface area (Å²) in [5.74, 6) is -0.823. The first-order valence-electron chi connectivity index (χ1n) is 11.7. The maximum atomic E-state index is 13.3. The Hall–Kier alpha value is -3.06. The number of methoxy groups -OCH3 is 3. The summed E-state index contributed by atoms with van der Waals surface area (Å²) in [7, 11) is 0.664. The van der Waals surface area contributed by atoms with Gasteiger partial charge in [0, 0.05) is 26.7 Å². The van der Waals surface area contributed by atoms with E-state index in [2.05, 4.69) is 4.99 Å². The lowest BCUT2D eigenvalue weighted by Gasteiger charge is -2.30. The van der Waals surface area contributed by atoms with Crippen molar-refractivity contribution >= 4 is 43.5 Å². The molecule has 37 heavy (non-hydrogen) atoms. The zero-order chi connectivity index (χ0) is 26.6. The number of carbonyl (C=O) groups excluding carboxylic acids is 2. The molecule has 12 heteroatoms. The SMILES string of the molecule is COCCn1c(=NC(=O)C2CCCN(S(=O)(=O)c3ccc(OC)cc3)C2)sc2cc(C(=O)OC)ccc21. The molecule has 1 aliphatic rings. The van der Waals surface area contributed by atoms with Gasteiger partial charge < -0.3 is 18.8 Å². The molecule has 1 saturated heterocycles. The van der Waals surface area contributed by atoms with Crippen molar-refractivity contribution in [2.24, 2.45) is 10.9 Å². The Kier molecular flexibility index (Phi) is 8.42. The highest BCUT2D eigenvalue weighted by atomic mass is 32.2. The van der Waals surface area contributed by atoms with E-state index in [4.69, 9.17) is 14.2 Å². The maximum Gasteiger partial charge on any atom is 0.337 e. The third kappa shape index (κ3) is 5.77. The molecular formula is C25H29N3O7S2. The largest absolute Gasteiger partial charge is 0.497 e. The minimum atomic E-state index is -3.76. The van der Waals surface area contributed by atoms with Gasteiger partial charge in [0.15, 0.2) is 4.80 Å². The van der Waals surface area contributed by atoms with Crippen molar-refractivity contribution in [2.75, 3.05) is 41.0 Å². The summed E-state index contributed by atoms with van der Waals surface area (Å²) in [5, 5.41) is 0. The average Bonchev–Trinajstić information content (AvgIpc) is 3.27. The van der Waals surface area contributed by atoms with Gasteiger partial charge in [0.1, 0.15) is 5.75 Å². The number of carbonyl (C=O) groups is 2. The Labute approximate surface area is 219 Å². The molecule has 1 atom stereocenters. The molecule has 1 aromatic heterocycles. The number of amides is 1. The van der Waals surface area contributed by atoms with E-state index < -0.39 is 21.9 Å². The zero-order valence-corrected chi connectivity index (χ0v) is 22.5. The number of rotatable bonds is 8. The number of benzene rings is 2. The molecule has 0 bridgehead atoms. The monoisotopic (exact) mass is 547 g/mol. The number of nitrogens with zero attached hydrogens (tertiary/aromatic N) is 3. The Morgan fingerprint density at radius 2 is 1.86 bits per heavy atom. The molecule has 1 unspecified atom stereocenters. The van der Waals surface area contributed by atoms with Gasteiger partial charge in [-0.05, 0) is 55.3 Å². The van der Waals surface area contributed by atoms with Crippen molar-refractivity contribution in [3.8, 4) is 5.75 Å². The predicted octanol–water partition coefficient (Wildman–Crippen LogP) is 2.67. The number of hydrogen-bond acceptors (Lipinski definition) is 8. The number of hydrogen-bond donors (Lipinski definition) is 0. The van der Waals surface area contributed by atoms with Crippen LogP contribution >= 0.6 is 11.3 Å². The van der Waals surface area contributed by atoms with Crippen LogP contribution in [0.1, 0.15) is 23.2 Å². The second-order valence-corrected chi connectivity index (χ2v) is 11.5. The van der Waals surface area contributed by atoms with Crippen molar-refractivity contribution in [1.82, 2.24) is 8.87 Å². The third-order valence-corrected chi connectivity index (χ3v) is 9.18. The van der Waals surface area contributed by atoms with Crippen LogP contribution in [0.4, 0.5) is 0 Å². The standard InChI is InChI=1S/C25H29N3O7S2/c1-33-14-13-28-21-11-6-17(24(30)35-3)15-22(21)36-25(28)26-23(29)18-5-4-12-27(16-18)37(31,32)20-9-7-19(34-2)8-10-20/h6-11,15,18H,4-5,12-14,16H2,1-3H3. The summed E-state index contributed by atoms with van der Waals surface area (Å²) in [4.78, 5) is 30.3. The summed E-state index contributed by atoms with van der Waals surface area (Å²) in [6.45, 7) is 1.27. The second kappa shape index (κ2) is 11.5. The zero-order valence-electron chi connectivity index (χ0n) is 20.9. The molecule has 1 amide bonds. The molecule has 1 fully saturated rings. The van der Waals surface area contributed by atoms with E-state index in [0.29, 0.717) is 48.7 Å².